The normalized spacial score (nSPS) is 13.9. The standard InChI is InChI=1S/C17H20N4O2/c1-19-10-13-5-4-12(8-14(13)11-19)9-20(2)17(23)15-6-7-16(22)21(3)18-15/h4-8H,9-11H2,1-3H3. The van der Waals surface area contributed by atoms with E-state index in [4.69, 9.17) is 0 Å². The zero-order chi connectivity index (χ0) is 16.6. The minimum Gasteiger partial charge on any atom is -0.336 e. The van der Waals surface area contributed by atoms with Crippen molar-refractivity contribution < 1.29 is 4.79 Å². The quantitative estimate of drug-likeness (QED) is 0.848. The summed E-state index contributed by atoms with van der Waals surface area (Å²) in [7, 11) is 5.38. The van der Waals surface area contributed by atoms with E-state index in [-0.39, 0.29) is 17.2 Å². The minimum atomic E-state index is -0.230. The van der Waals surface area contributed by atoms with Gasteiger partial charge in [0.15, 0.2) is 0 Å². The SMILES string of the molecule is CN1Cc2ccc(CN(C)C(=O)c3ccc(=O)n(C)n3)cc2C1. The average molecular weight is 312 g/mol. The van der Waals surface area contributed by atoms with Gasteiger partial charge in [0.1, 0.15) is 5.69 Å². The van der Waals surface area contributed by atoms with Crippen LogP contribution in [0.3, 0.4) is 0 Å². The fraction of sp³-hybridized carbons (Fsp3) is 0.353. The van der Waals surface area contributed by atoms with Crippen molar-refractivity contribution in [3.63, 3.8) is 0 Å². The molecule has 0 radical (unpaired) electrons. The van der Waals surface area contributed by atoms with Gasteiger partial charge in [0.2, 0.25) is 0 Å². The maximum atomic E-state index is 12.4. The van der Waals surface area contributed by atoms with Crippen molar-refractivity contribution in [3.05, 3.63) is 63.1 Å². The largest absolute Gasteiger partial charge is 0.336 e. The minimum absolute atomic E-state index is 0.196. The molecule has 0 saturated carbocycles. The number of fused-ring (bicyclic) bond motifs is 1. The highest BCUT2D eigenvalue weighted by Crippen LogP contribution is 2.23. The maximum Gasteiger partial charge on any atom is 0.274 e. The Balaban J connectivity index is 1.75. The van der Waals surface area contributed by atoms with Crippen LogP contribution in [0.25, 0.3) is 0 Å². The lowest BCUT2D eigenvalue weighted by atomic mass is 10.1. The lowest BCUT2D eigenvalue weighted by Crippen LogP contribution is -2.30. The fourth-order valence-corrected chi connectivity index (χ4v) is 2.87. The van der Waals surface area contributed by atoms with E-state index in [0.29, 0.717) is 6.54 Å². The molecule has 0 unspecified atom stereocenters. The number of carbonyl (C=O) groups is 1. The number of rotatable bonds is 3. The number of amides is 1. The van der Waals surface area contributed by atoms with Crippen LogP contribution in [-0.2, 0) is 26.7 Å². The summed E-state index contributed by atoms with van der Waals surface area (Å²) in [4.78, 5) is 27.7. The van der Waals surface area contributed by atoms with Crippen LogP contribution in [0.2, 0.25) is 0 Å². The lowest BCUT2D eigenvalue weighted by Gasteiger charge is -2.17. The van der Waals surface area contributed by atoms with Crippen molar-refractivity contribution in [2.24, 2.45) is 7.05 Å². The van der Waals surface area contributed by atoms with Gasteiger partial charge < -0.3 is 4.90 Å². The third-order valence-corrected chi connectivity index (χ3v) is 4.10. The second-order valence-corrected chi connectivity index (χ2v) is 6.12. The van der Waals surface area contributed by atoms with E-state index in [1.807, 2.05) is 0 Å². The van der Waals surface area contributed by atoms with Crippen LogP contribution < -0.4 is 5.56 Å². The molecule has 2 heterocycles. The third kappa shape index (κ3) is 3.17. The van der Waals surface area contributed by atoms with Gasteiger partial charge in [-0.2, -0.15) is 5.10 Å². The van der Waals surface area contributed by atoms with Gasteiger partial charge in [-0.1, -0.05) is 18.2 Å². The van der Waals surface area contributed by atoms with Crippen molar-refractivity contribution in [1.29, 1.82) is 0 Å². The molecule has 0 fully saturated rings. The number of hydrogen-bond donors (Lipinski definition) is 0. The van der Waals surface area contributed by atoms with Gasteiger partial charge in [-0.3, -0.25) is 14.5 Å². The third-order valence-electron chi connectivity index (χ3n) is 4.10. The number of nitrogens with zero attached hydrogens (tertiary/aromatic N) is 4. The molecule has 0 N–H and O–H groups in total. The van der Waals surface area contributed by atoms with E-state index in [2.05, 4.69) is 35.2 Å². The summed E-state index contributed by atoms with van der Waals surface area (Å²) >= 11 is 0. The van der Waals surface area contributed by atoms with Gasteiger partial charge in [0.25, 0.3) is 11.5 Å². The first-order chi connectivity index (χ1) is 10.9. The Bertz CT molecular complexity index is 812. The highest BCUT2D eigenvalue weighted by molar-refractivity contribution is 5.91. The summed E-state index contributed by atoms with van der Waals surface area (Å²) in [5, 5.41) is 4.01. The van der Waals surface area contributed by atoms with Crippen LogP contribution in [0.4, 0.5) is 0 Å². The summed E-state index contributed by atoms with van der Waals surface area (Å²) in [6.07, 6.45) is 0. The number of hydrogen-bond acceptors (Lipinski definition) is 4. The summed E-state index contributed by atoms with van der Waals surface area (Å²) in [6, 6.07) is 9.20. The van der Waals surface area contributed by atoms with Gasteiger partial charge >= 0.3 is 0 Å². The number of carbonyl (C=O) groups excluding carboxylic acids is 1. The summed E-state index contributed by atoms with van der Waals surface area (Å²) in [6.45, 7) is 2.44. The molecule has 23 heavy (non-hydrogen) atoms. The van der Waals surface area contributed by atoms with E-state index >= 15 is 0 Å². The Hall–Kier alpha value is -2.47. The van der Waals surface area contributed by atoms with E-state index < -0.39 is 0 Å². The first kappa shape index (κ1) is 15.4. The fourth-order valence-electron chi connectivity index (χ4n) is 2.87. The second-order valence-electron chi connectivity index (χ2n) is 6.12. The second kappa shape index (κ2) is 5.96. The number of aromatic nitrogens is 2. The number of aryl methyl sites for hydroxylation is 1. The van der Waals surface area contributed by atoms with Gasteiger partial charge in [-0.15, -0.1) is 0 Å². The monoisotopic (exact) mass is 312 g/mol. The topological polar surface area (TPSA) is 58.4 Å². The molecule has 3 rings (SSSR count). The predicted octanol–water partition coefficient (Wildman–Crippen LogP) is 0.998. The van der Waals surface area contributed by atoms with Gasteiger partial charge in [0, 0.05) is 39.8 Å². The molecule has 0 spiro atoms. The van der Waals surface area contributed by atoms with E-state index in [1.165, 1.54) is 35.0 Å². The van der Waals surface area contributed by atoms with E-state index in [9.17, 15) is 9.59 Å². The Morgan fingerprint density at radius 2 is 1.91 bits per heavy atom. The molecular weight excluding hydrogens is 292 g/mol. The van der Waals surface area contributed by atoms with Crippen LogP contribution in [0.15, 0.2) is 35.1 Å². The lowest BCUT2D eigenvalue weighted by molar-refractivity contribution is 0.0776. The molecule has 6 nitrogen and oxygen atoms in total. The van der Waals surface area contributed by atoms with Crippen LogP contribution in [0.5, 0.6) is 0 Å². The summed E-state index contributed by atoms with van der Waals surface area (Å²) in [5.41, 5.74) is 3.82. The molecule has 0 atom stereocenters. The molecule has 6 heteroatoms. The average Bonchev–Trinajstić information content (AvgIpc) is 2.88. The Morgan fingerprint density at radius 3 is 2.65 bits per heavy atom. The molecule has 0 aliphatic carbocycles. The smallest absolute Gasteiger partial charge is 0.274 e. The molecule has 1 amide bonds. The highest BCUT2D eigenvalue weighted by atomic mass is 16.2. The molecule has 2 aromatic rings. The molecule has 1 aliphatic rings. The van der Waals surface area contributed by atoms with Crippen molar-refractivity contribution in [1.82, 2.24) is 19.6 Å². The highest BCUT2D eigenvalue weighted by Gasteiger charge is 2.18. The predicted molar refractivity (Wildman–Crippen MR) is 86.9 cm³/mol. The molecule has 1 aromatic carbocycles. The van der Waals surface area contributed by atoms with Crippen molar-refractivity contribution >= 4 is 5.91 Å². The Kier molecular flexibility index (Phi) is 4.00. The Morgan fingerprint density at radius 1 is 1.17 bits per heavy atom. The first-order valence-corrected chi connectivity index (χ1v) is 7.53. The van der Waals surface area contributed by atoms with Gasteiger partial charge in [0.05, 0.1) is 0 Å². The van der Waals surface area contributed by atoms with Crippen LogP contribution in [0, 0.1) is 0 Å². The summed E-state index contributed by atoms with van der Waals surface area (Å²) in [5.74, 6) is -0.196. The van der Waals surface area contributed by atoms with Crippen LogP contribution >= 0.6 is 0 Å². The van der Waals surface area contributed by atoms with E-state index in [1.54, 1.807) is 11.9 Å². The van der Waals surface area contributed by atoms with Crippen LogP contribution in [-0.4, -0.2) is 39.6 Å². The molecule has 1 aromatic heterocycles. The van der Waals surface area contributed by atoms with Crippen LogP contribution in [0.1, 0.15) is 27.2 Å². The van der Waals surface area contributed by atoms with Gasteiger partial charge in [-0.25, -0.2) is 4.68 Å². The molecule has 120 valence electrons. The zero-order valence-electron chi connectivity index (χ0n) is 13.6. The molecule has 1 aliphatic heterocycles. The maximum absolute atomic E-state index is 12.4. The van der Waals surface area contributed by atoms with Crippen molar-refractivity contribution in [2.45, 2.75) is 19.6 Å². The molecular formula is C17H20N4O2. The number of benzene rings is 1. The zero-order valence-corrected chi connectivity index (χ0v) is 13.6. The van der Waals surface area contributed by atoms with E-state index in [0.717, 1.165) is 18.7 Å². The van der Waals surface area contributed by atoms with Crippen molar-refractivity contribution in [3.8, 4) is 0 Å². The molecule has 0 bridgehead atoms. The first-order valence-electron chi connectivity index (χ1n) is 7.53. The van der Waals surface area contributed by atoms with Gasteiger partial charge in [-0.05, 0) is 29.8 Å². The molecule has 0 saturated heterocycles. The van der Waals surface area contributed by atoms with Crippen molar-refractivity contribution in [2.75, 3.05) is 14.1 Å². The Labute approximate surface area is 134 Å². The summed E-state index contributed by atoms with van der Waals surface area (Å²) < 4.78 is 1.17.